The minimum atomic E-state index is 0. The Morgan fingerprint density at radius 3 is 1.18 bits per heavy atom. The first-order valence-electron chi connectivity index (χ1n) is 4.88. The Labute approximate surface area is 99.3 Å². The van der Waals surface area contributed by atoms with E-state index < -0.39 is 0 Å². The van der Waals surface area contributed by atoms with Crippen LogP contribution < -0.4 is 22.9 Å². The highest BCUT2D eigenvalue weighted by Gasteiger charge is 2.02. The van der Waals surface area contributed by atoms with Gasteiger partial charge in [-0.05, 0) is 35.4 Å². The molecule has 0 aromatic heterocycles. The van der Waals surface area contributed by atoms with Crippen LogP contribution in [0.4, 0.5) is 22.7 Å². The van der Waals surface area contributed by atoms with E-state index >= 15 is 0 Å². The van der Waals surface area contributed by atoms with Gasteiger partial charge in [0.25, 0.3) is 0 Å². The monoisotopic (exact) mass is 232 g/mol. The largest absolute Gasteiger partial charge is 0.412 e. The molecule has 2 aromatic rings. The summed E-state index contributed by atoms with van der Waals surface area (Å²) in [6, 6.07) is 11.0. The Hall–Kier alpha value is -2.40. The first-order valence-corrected chi connectivity index (χ1v) is 4.88. The smallest absolute Gasteiger partial charge is 0.0554 e. The van der Waals surface area contributed by atoms with Crippen molar-refractivity contribution in [3.05, 3.63) is 36.4 Å². The van der Waals surface area contributed by atoms with Crippen molar-refractivity contribution in [2.24, 2.45) is 0 Å². The SMILES string of the molecule is Nc1ccc(-c2ccc(N)c(N)c2)cc1N.O. The van der Waals surface area contributed by atoms with E-state index in [-0.39, 0.29) is 5.48 Å². The molecule has 10 N–H and O–H groups in total. The number of anilines is 4. The van der Waals surface area contributed by atoms with Gasteiger partial charge >= 0.3 is 0 Å². The number of benzene rings is 2. The molecule has 0 atom stereocenters. The molecule has 17 heavy (non-hydrogen) atoms. The predicted molar refractivity (Wildman–Crippen MR) is 73.1 cm³/mol. The van der Waals surface area contributed by atoms with E-state index in [9.17, 15) is 0 Å². The summed E-state index contributed by atoms with van der Waals surface area (Å²) in [5, 5.41) is 0. The molecular weight excluding hydrogens is 216 g/mol. The highest BCUT2D eigenvalue weighted by atomic mass is 16.0. The zero-order chi connectivity index (χ0) is 11.7. The van der Waals surface area contributed by atoms with Crippen LogP contribution in [0.2, 0.25) is 0 Å². The van der Waals surface area contributed by atoms with Crippen molar-refractivity contribution in [1.82, 2.24) is 0 Å². The second kappa shape index (κ2) is 4.63. The molecule has 2 aromatic carbocycles. The Morgan fingerprint density at radius 1 is 0.529 bits per heavy atom. The molecule has 0 fully saturated rings. The molecule has 0 aliphatic heterocycles. The molecule has 0 bridgehead atoms. The lowest BCUT2D eigenvalue weighted by atomic mass is 10.0. The Morgan fingerprint density at radius 2 is 0.882 bits per heavy atom. The summed E-state index contributed by atoms with van der Waals surface area (Å²) in [6.07, 6.45) is 0. The van der Waals surface area contributed by atoms with Gasteiger partial charge in [-0.25, -0.2) is 0 Å². The third-order valence-electron chi connectivity index (χ3n) is 2.51. The number of hydrogen-bond donors (Lipinski definition) is 4. The van der Waals surface area contributed by atoms with Gasteiger partial charge in [-0.3, -0.25) is 0 Å². The highest BCUT2D eigenvalue weighted by molar-refractivity contribution is 5.78. The van der Waals surface area contributed by atoms with Crippen LogP contribution in [0.3, 0.4) is 0 Å². The zero-order valence-electron chi connectivity index (χ0n) is 9.27. The lowest BCUT2D eigenvalue weighted by Gasteiger charge is -2.07. The van der Waals surface area contributed by atoms with Crippen molar-refractivity contribution in [1.29, 1.82) is 0 Å². The lowest BCUT2D eigenvalue weighted by Crippen LogP contribution is -1.96. The maximum Gasteiger partial charge on any atom is 0.0554 e. The van der Waals surface area contributed by atoms with Crippen LogP contribution in [0.15, 0.2) is 36.4 Å². The molecule has 0 saturated heterocycles. The van der Waals surface area contributed by atoms with E-state index in [0.717, 1.165) is 11.1 Å². The first kappa shape index (κ1) is 12.7. The van der Waals surface area contributed by atoms with Gasteiger partial charge in [0.1, 0.15) is 0 Å². The number of nitrogen functional groups attached to an aromatic ring is 4. The molecular formula is C12H16N4O. The van der Waals surface area contributed by atoms with E-state index in [0.29, 0.717) is 22.7 Å². The maximum atomic E-state index is 5.74. The zero-order valence-corrected chi connectivity index (χ0v) is 9.27. The van der Waals surface area contributed by atoms with E-state index in [2.05, 4.69) is 0 Å². The van der Waals surface area contributed by atoms with Crippen LogP contribution in [-0.2, 0) is 0 Å². The van der Waals surface area contributed by atoms with Crippen molar-refractivity contribution in [3.63, 3.8) is 0 Å². The molecule has 0 aliphatic carbocycles. The predicted octanol–water partition coefficient (Wildman–Crippen LogP) is 0.858. The normalized spacial score (nSPS) is 9.65. The summed E-state index contributed by atoms with van der Waals surface area (Å²) >= 11 is 0. The van der Waals surface area contributed by atoms with Crippen LogP contribution in [0, 0.1) is 0 Å². The van der Waals surface area contributed by atoms with Gasteiger partial charge < -0.3 is 28.4 Å². The third-order valence-corrected chi connectivity index (χ3v) is 2.51. The molecule has 5 nitrogen and oxygen atoms in total. The minimum Gasteiger partial charge on any atom is -0.412 e. The fourth-order valence-electron chi connectivity index (χ4n) is 1.51. The lowest BCUT2D eigenvalue weighted by molar-refractivity contribution is 0.824. The number of rotatable bonds is 1. The number of hydrogen-bond acceptors (Lipinski definition) is 4. The van der Waals surface area contributed by atoms with Crippen LogP contribution in [0.1, 0.15) is 0 Å². The van der Waals surface area contributed by atoms with Gasteiger partial charge in [-0.1, -0.05) is 12.1 Å². The van der Waals surface area contributed by atoms with Gasteiger partial charge in [0.05, 0.1) is 22.7 Å². The second-order valence-corrected chi connectivity index (χ2v) is 3.69. The van der Waals surface area contributed by atoms with E-state index in [1.807, 2.05) is 24.3 Å². The molecule has 0 unspecified atom stereocenters. The average Bonchev–Trinajstić information content (AvgIpc) is 2.26. The van der Waals surface area contributed by atoms with Crippen molar-refractivity contribution in [2.45, 2.75) is 0 Å². The molecule has 0 aliphatic rings. The fraction of sp³-hybridized carbons (Fsp3) is 0. The summed E-state index contributed by atoms with van der Waals surface area (Å²) in [4.78, 5) is 0. The molecule has 90 valence electrons. The van der Waals surface area contributed by atoms with E-state index in [4.69, 9.17) is 22.9 Å². The van der Waals surface area contributed by atoms with Gasteiger partial charge in [-0.2, -0.15) is 0 Å². The topological polar surface area (TPSA) is 136 Å². The van der Waals surface area contributed by atoms with Crippen molar-refractivity contribution in [3.8, 4) is 11.1 Å². The second-order valence-electron chi connectivity index (χ2n) is 3.69. The van der Waals surface area contributed by atoms with Gasteiger partial charge in [0, 0.05) is 0 Å². The standard InChI is InChI=1S/C12H14N4.H2O/c13-9-3-1-7(5-11(9)15)8-2-4-10(14)12(16)6-8;/h1-6H,13-16H2;1H2. The molecule has 0 amide bonds. The molecule has 0 saturated carbocycles. The molecule has 0 heterocycles. The number of nitrogens with two attached hydrogens (primary N) is 4. The average molecular weight is 232 g/mol. The minimum absolute atomic E-state index is 0. The third kappa shape index (κ3) is 2.40. The summed E-state index contributed by atoms with van der Waals surface area (Å²) in [5.74, 6) is 0. The molecule has 0 spiro atoms. The molecule has 0 radical (unpaired) electrons. The highest BCUT2D eigenvalue weighted by Crippen LogP contribution is 2.28. The van der Waals surface area contributed by atoms with Crippen LogP contribution in [0.5, 0.6) is 0 Å². The quantitative estimate of drug-likeness (QED) is 0.542. The van der Waals surface area contributed by atoms with E-state index in [1.54, 1.807) is 12.1 Å². The maximum absolute atomic E-state index is 5.74. The van der Waals surface area contributed by atoms with E-state index in [1.165, 1.54) is 0 Å². The van der Waals surface area contributed by atoms with Crippen LogP contribution in [0.25, 0.3) is 11.1 Å². The molecule has 2 rings (SSSR count). The Balaban J connectivity index is 0.00000144. The van der Waals surface area contributed by atoms with Gasteiger partial charge in [0.15, 0.2) is 0 Å². The van der Waals surface area contributed by atoms with Gasteiger partial charge in [-0.15, -0.1) is 0 Å². The fourth-order valence-corrected chi connectivity index (χ4v) is 1.51. The Kier molecular flexibility index (Phi) is 3.45. The first-order chi connectivity index (χ1) is 7.58. The van der Waals surface area contributed by atoms with Crippen LogP contribution >= 0.6 is 0 Å². The summed E-state index contributed by atoms with van der Waals surface area (Å²) in [5.41, 5.74) is 27.0. The summed E-state index contributed by atoms with van der Waals surface area (Å²) in [7, 11) is 0. The van der Waals surface area contributed by atoms with Gasteiger partial charge in [0.2, 0.25) is 0 Å². The molecule has 5 heteroatoms. The summed E-state index contributed by atoms with van der Waals surface area (Å²) in [6.45, 7) is 0. The summed E-state index contributed by atoms with van der Waals surface area (Å²) < 4.78 is 0. The van der Waals surface area contributed by atoms with Crippen LogP contribution in [-0.4, -0.2) is 5.48 Å². The Bertz CT molecular complexity index is 491. The van der Waals surface area contributed by atoms with Crippen molar-refractivity contribution in [2.75, 3.05) is 22.9 Å². The van der Waals surface area contributed by atoms with Crippen molar-refractivity contribution < 1.29 is 5.48 Å². The van der Waals surface area contributed by atoms with Crippen molar-refractivity contribution >= 4 is 22.7 Å².